The van der Waals surface area contributed by atoms with Crippen molar-refractivity contribution < 1.29 is 4.79 Å². The molecule has 3 heteroatoms. The minimum atomic E-state index is 0.196. The smallest absolute Gasteiger partial charge is 0.220 e. The summed E-state index contributed by atoms with van der Waals surface area (Å²) in [6, 6.07) is 8.87. The fourth-order valence-electron chi connectivity index (χ4n) is 3.38. The SMILES string of the molecule is CCCC(=O)NC1CCc2c(c3ccccc3n2C)C1. The van der Waals surface area contributed by atoms with Crippen LogP contribution in [0.15, 0.2) is 24.3 Å². The predicted molar refractivity (Wildman–Crippen MR) is 81.8 cm³/mol. The number of nitrogens with zero attached hydrogens (tertiary/aromatic N) is 1. The Kier molecular flexibility index (Phi) is 3.51. The molecule has 0 saturated heterocycles. The van der Waals surface area contributed by atoms with Gasteiger partial charge in [-0.3, -0.25) is 4.79 Å². The van der Waals surface area contributed by atoms with Crippen LogP contribution in [0.5, 0.6) is 0 Å². The molecule has 20 heavy (non-hydrogen) atoms. The average Bonchev–Trinajstić information content (AvgIpc) is 2.73. The van der Waals surface area contributed by atoms with Crippen LogP contribution in [0.25, 0.3) is 10.9 Å². The monoisotopic (exact) mass is 270 g/mol. The molecule has 1 aliphatic carbocycles. The molecule has 0 spiro atoms. The molecule has 1 aromatic carbocycles. The maximum atomic E-state index is 11.8. The number of benzene rings is 1. The lowest BCUT2D eigenvalue weighted by molar-refractivity contribution is -0.121. The Morgan fingerprint density at radius 3 is 3.00 bits per heavy atom. The second kappa shape index (κ2) is 5.31. The van der Waals surface area contributed by atoms with Gasteiger partial charge in [0.05, 0.1) is 0 Å². The van der Waals surface area contributed by atoms with Gasteiger partial charge < -0.3 is 9.88 Å². The summed E-state index contributed by atoms with van der Waals surface area (Å²) in [5, 5.41) is 4.53. The fourth-order valence-corrected chi connectivity index (χ4v) is 3.38. The van der Waals surface area contributed by atoms with E-state index in [-0.39, 0.29) is 5.91 Å². The first-order valence-electron chi connectivity index (χ1n) is 7.55. The molecule has 1 heterocycles. The number of aromatic nitrogens is 1. The number of carbonyl (C=O) groups is 1. The van der Waals surface area contributed by atoms with Gasteiger partial charge in [0.2, 0.25) is 5.91 Å². The molecule has 106 valence electrons. The summed E-state index contributed by atoms with van der Waals surface area (Å²) in [6.45, 7) is 2.04. The highest BCUT2D eigenvalue weighted by Gasteiger charge is 2.24. The van der Waals surface area contributed by atoms with E-state index in [1.165, 1.54) is 22.2 Å². The molecule has 1 amide bonds. The fraction of sp³-hybridized carbons (Fsp3) is 0.471. The number of hydrogen-bond acceptors (Lipinski definition) is 1. The molecule has 3 rings (SSSR count). The Hall–Kier alpha value is -1.77. The van der Waals surface area contributed by atoms with Crippen molar-refractivity contribution in [3.8, 4) is 0 Å². The van der Waals surface area contributed by atoms with E-state index in [1.54, 1.807) is 0 Å². The van der Waals surface area contributed by atoms with Crippen molar-refractivity contribution in [2.75, 3.05) is 0 Å². The normalized spacial score (nSPS) is 18.0. The molecule has 2 aromatic rings. The van der Waals surface area contributed by atoms with Gasteiger partial charge >= 0.3 is 0 Å². The molecular weight excluding hydrogens is 248 g/mol. The Morgan fingerprint density at radius 1 is 1.40 bits per heavy atom. The quantitative estimate of drug-likeness (QED) is 0.914. The number of nitrogens with one attached hydrogen (secondary N) is 1. The van der Waals surface area contributed by atoms with E-state index in [9.17, 15) is 4.79 Å². The number of para-hydroxylation sites is 1. The second-order valence-electron chi connectivity index (χ2n) is 5.76. The van der Waals surface area contributed by atoms with Crippen LogP contribution in [0.1, 0.15) is 37.4 Å². The average molecular weight is 270 g/mol. The van der Waals surface area contributed by atoms with Crippen LogP contribution in [0.4, 0.5) is 0 Å². The van der Waals surface area contributed by atoms with Gasteiger partial charge in [0.25, 0.3) is 0 Å². The number of hydrogen-bond donors (Lipinski definition) is 1. The summed E-state index contributed by atoms with van der Waals surface area (Å²) in [6.07, 6.45) is 4.62. The highest BCUT2D eigenvalue weighted by atomic mass is 16.1. The Labute approximate surface area is 120 Å². The number of fused-ring (bicyclic) bond motifs is 3. The maximum Gasteiger partial charge on any atom is 0.220 e. The third-order valence-corrected chi connectivity index (χ3v) is 4.37. The standard InChI is InChI=1S/C17H22N2O/c1-3-6-17(20)18-12-9-10-16-14(11-12)13-7-4-5-8-15(13)19(16)2/h4-5,7-8,12H,3,6,9-11H2,1-2H3,(H,18,20). The zero-order valence-corrected chi connectivity index (χ0v) is 12.3. The predicted octanol–water partition coefficient (Wildman–Crippen LogP) is 2.95. The van der Waals surface area contributed by atoms with Crippen molar-refractivity contribution in [1.82, 2.24) is 9.88 Å². The van der Waals surface area contributed by atoms with Gasteiger partial charge in [-0.05, 0) is 37.3 Å². The van der Waals surface area contributed by atoms with Crippen molar-refractivity contribution in [3.05, 3.63) is 35.5 Å². The zero-order chi connectivity index (χ0) is 14.1. The first-order chi connectivity index (χ1) is 9.70. The third kappa shape index (κ3) is 2.21. The number of amides is 1. The van der Waals surface area contributed by atoms with E-state index < -0.39 is 0 Å². The molecule has 1 aromatic heterocycles. The number of rotatable bonds is 3. The summed E-state index contributed by atoms with van der Waals surface area (Å²) in [4.78, 5) is 11.8. The third-order valence-electron chi connectivity index (χ3n) is 4.37. The van der Waals surface area contributed by atoms with Gasteiger partial charge in [-0.25, -0.2) is 0 Å². The van der Waals surface area contributed by atoms with E-state index >= 15 is 0 Å². The number of aryl methyl sites for hydroxylation is 1. The van der Waals surface area contributed by atoms with Gasteiger partial charge in [0, 0.05) is 36.1 Å². The van der Waals surface area contributed by atoms with E-state index in [2.05, 4.69) is 41.2 Å². The van der Waals surface area contributed by atoms with E-state index in [0.29, 0.717) is 12.5 Å². The topological polar surface area (TPSA) is 34.0 Å². The maximum absolute atomic E-state index is 11.8. The summed E-state index contributed by atoms with van der Waals surface area (Å²) in [5.41, 5.74) is 4.17. The van der Waals surface area contributed by atoms with Gasteiger partial charge in [0.1, 0.15) is 0 Å². The molecule has 1 N–H and O–H groups in total. The second-order valence-corrected chi connectivity index (χ2v) is 5.76. The first-order valence-corrected chi connectivity index (χ1v) is 7.55. The van der Waals surface area contributed by atoms with Crippen LogP contribution in [0, 0.1) is 0 Å². The van der Waals surface area contributed by atoms with Crippen LogP contribution in [0.2, 0.25) is 0 Å². The van der Waals surface area contributed by atoms with Gasteiger partial charge in [-0.15, -0.1) is 0 Å². The lowest BCUT2D eigenvalue weighted by Gasteiger charge is -2.24. The van der Waals surface area contributed by atoms with Crippen LogP contribution >= 0.6 is 0 Å². The molecule has 1 unspecified atom stereocenters. The van der Waals surface area contributed by atoms with Gasteiger partial charge in [-0.2, -0.15) is 0 Å². The Bertz CT molecular complexity index is 642. The Balaban J connectivity index is 1.87. The molecular formula is C17H22N2O. The van der Waals surface area contributed by atoms with Crippen LogP contribution in [-0.2, 0) is 24.7 Å². The Morgan fingerprint density at radius 2 is 2.20 bits per heavy atom. The van der Waals surface area contributed by atoms with Gasteiger partial charge in [-0.1, -0.05) is 25.1 Å². The summed E-state index contributed by atoms with van der Waals surface area (Å²) < 4.78 is 2.31. The van der Waals surface area contributed by atoms with Crippen LogP contribution < -0.4 is 5.32 Å². The van der Waals surface area contributed by atoms with Crippen molar-refractivity contribution >= 4 is 16.8 Å². The summed E-state index contributed by atoms with van der Waals surface area (Å²) in [7, 11) is 2.15. The zero-order valence-electron chi connectivity index (χ0n) is 12.3. The molecule has 3 nitrogen and oxygen atoms in total. The lowest BCUT2D eigenvalue weighted by Crippen LogP contribution is -2.38. The van der Waals surface area contributed by atoms with E-state index in [1.807, 2.05) is 6.92 Å². The number of carbonyl (C=O) groups excluding carboxylic acids is 1. The minimum absolute atomic E-state index is 0.196. The van der Waals surface area contributed by atoms with Crippen LogP contribution in [0.3, 0.4) is 0 Å². The molecule has 0 fully saturated rings. The van der Waals surface area contributed by atoms with Crippen molar-refractivity contribution in [1.29, 1.82) is 0 Å². The minimum Gasteiger partial charge on any atom is -0.353 e. The first kappa shape index (κ1) is 13.2. The molecule has 1 aliphatic rings. The molecule has 1 atom stereocenters. The van der Waals surface area contributed by atoms with Crippen molar-refractivity contribution in [2.45, 2.75) is 45.1 Å². The summed E-state index contributed by atoms with van der Waals surface area (Å²) in [5.74, 6) is 0.196. The molecule has 0 radical (unpaired) electrons. The highest BCUT2D eigenvalue weighted by molar-refractivity contribution is 5.86. The largest absolute Gasteiger partial charge is 0.353 e. The highest BCUT2D eigenvalue weighted by Crippen LogP contribution is 2.31. The van der Waals surface area contributed by atoms with Gasteiger partial charge in [0.15, 0.2) is 0 Å². The summed E-state index contributed by atoms with van der Waals surface area (Å²) >= 11 is 0. The van der Waals surface area contributed by atoms with Crippen molar-refractivity contribution in [3.63, 3.8) is 0 Å². The molecule has 0 bridgehead atoms. The van der Waals surface area contributed by atoms with E-state index in [0.717, 1.165) is 25.7 Å². The van der Waals surface area contributed by atoms with E-state index in [4.69, 9.17) is 0 Å². The molecule has 0 saturated carbocycles. The molecule has 0 aliphatic heterocycles. The lowest BCUT2D eigenvalue weighted by atomic mass is 9.91. The van der Waals surface area contributed by atoms with Crippen molar-refractivity contribution in [2.24, 2.45) is 7.05 Å². The van der Waals surface area contributed by atoms with Crippen LogP contribution in [-0.4, -0.2) is 16.5 Å².